The number of halogens is 3. The van der Waals surface area contributed by atoms with E-state index in [2.05, 4.69) is 0 Å². The maximum Gasteiger partial charge on any atom is 0.401 e. The summed E-state index contributed by atoms with van der Waals surface area (Å²) >= 11 is 0. The van der Waals surface area contributed by atoms with Crippen LogP contribution in [0, 0.1) is 13.8 Å². The molecule has 1 aromatic rings. The lowest BCUT2D eigenvalue weighted by atomic mass is 10.1. The highest BCUT2D eigenvalue weighted by Gasteiger charge is 2.31. The number of ketones is 1. The number of carbonyl (C=O) groups is 1. The number of Topliss-reactive ketones (excluding diaryl/α,β-unsaturated/α-hetero) is 1. The Morgan fingerprint density at radius 2 is 1.90 bits per heavy atom. The molecule has 0 N–H and O–H groups in total. The van der Waals surface area contributed by atoms with E-state index >= 15 is 0 Å². The van der Waals surface area contributed by atoms with E-state index in [4.69, 9.17) is 0 Å². The zero-order valence-corrected chi connectivity index (χ0v) is 13.0. The van der Waals surface area contributed by atoms with Crippen LogP contribution in [0.4, 0.5) is 13.2 Å². The van der Waals surface area contributed by atoms with E-state index in [9.17, 15) is 18.0 Å². The highest BCUT2D eigenvalue weighted by atomic mass is 19.4. The van der Waals surface area contributed by atoms with Gasteiger partial charge in [-0.25, -0.2) is 0 Å². The standard InChI is InChI=1S/C15H23F3N2O/c1-5-7-19(10-15(16,17)18)9-14(21)13-8-11(3)20(6-2)12(13)4/h8H,5-7,9-10H2,1-4H3. The van der Waals surface area contributed by atoms with Crippen molar-refractivity contribution in [3.8, 4) is 0 Å². The van der Waals surface area contributed by atoms with Gasteiger partial charge < -0.3 is 4.57 Å². The molecule has 1 aromatic heterocycles. The van der Waals surface area contributed by atoms with E-state index in [1.807, 2.05) is 25.3 Å². The lowest BCUT2D eigenvalue weighted by Crippen LogP contribution is -2.38. The van der Waals surface area contributed by atoms with Gasteiger partial charge in [-0.15, -0.1) is 0 Å². The summed E-state index contributed by atoms with van der Waals surface area (Å²) in [6, 6.07) is 1.76. The summed E-state index contributed by atoms with van der Waals surface area (Å²) in [5.74, 6) is -0.250. The third-order valence-corrected chi connectivity index (χ3v) is 3.50. The van der Waals surface area contributed by atoms with Crippen LogP contribution in [0.3, 0.4) is 0 Å². The minimum Gasteiger partial charge on any atom is -0.349 e. The molecule has 0 aliphatic carbocycles. The molecule has 0 saturated heterocycles. The largest absolute Gasteiger partial charge is 0.401 e. The van der Waals surface area contributed by atoms with Crippen molar-refractivity contribution in [2.75, 3.05) is 19.6 Å². The van der Waals surface area contributed by atoms with Crippen molar-refractivity contribution in [3.05, 3.63) is 23.0 Å². The fourth-order valence-electron chi connectivity index (χ4n) is 2.64. The summed E-state index contributed by atoms with van der Waals surface area (Å²) in [5, 5.41) is 0. The number of rotatable bonds is 7. The highest BCUT2D eigenvalue weighted by molar-refractivity contribution is 5.99. The number of nitrogens with zero attached hydrogens (tertiary/aromatic N) is 2. The maximum atomic E-state index is 12.5. The molecule has 0 aliphatic heterocycles. The van der Waals surface area contributed by atoms with Gasteiger partial charge in [0.2, 0.25) is 0 Å². The average molecular weight is 304 g/mol. The molecule has 0 aliphatic rings. The van der Waals surface area contributed by atoms with Crippen LogP contribution in [0.5, 0.6) is 0 Å². The Bertz CT molecular complexity index is 492. The van der Waals surface area contributed by atoms with Crippen molar-refractivity contribution in [1.82, 2.24) is 9.47 Å². The topological polar surface area (TPSA) is 25.2 Å². The first kappa shape index (κ1) is 17.8. The molecule has 0 fully saturated rings. The van der Waals surface area contributed by atoms with Crippen molar-refractivity contribution in [3.63, 3.8) is 0 Å². The first-order chi connectivity index (χ1) is 9.69. The van der Waals surface area contributed by atoms with Gasteiger partial charge in [-0.3, -0.25) is 9.69 Å². The molecule has 21 heavy (non-hydrogen) atoms. The average Bonchev–Trinajstić information content (AvgIpc) is 2.62. The van der Waals surface area contributed by atoms with Crippen LogP contribution in [-0.2, 0) is 6.54 Å². The van der Waals surface area contributed by atoms with Crippen molar-refractivity contribution in [2.45, 2.75) is 46.8 Å². The Balaban J connectivity index is 2.87. The minimum atomic E-state index is -4.28. The minimum absolute atomic E-state index is 0.193. The van der Waals surface area contributed by atoms with E-state index in [1.165, 1.54) is 4.90 Å². The summed E-state index contributed by atoms with van der Waals surface area (Å²) in [7, 11) is 0. The second-order valence-corrected chi connectivity index (χ2v) is 5.28. The molecule has 6 heteroatoms. The van der Waals surface area contributed by atoms with Gasteiger partial charge in [-0.2, -0.15) is 13.2 Å². The van der Waals surface area contributed by atoms with Crippen LogP contribution in [0.2, 0.25) is 0 Å². The Labute approximate surface area is 123 Å². The van der Waals surface area contributed by atoms with Crippen LogP contribution >= 0.6 is 0 Å². The van der Waals surface area contributed by atoms with Gasteiger partial charge in [0.1, 0.15) is 0 Å². The molecule has 3 nitrogen and oxygen atoms in total. The number of aromatic nitrogens is 1. The molecule has 0 saturated carbocycles. The second kappa shape index (κ2) is 7.11. The van der Waals surface area contributed by atoms with Gasteiger partial charge >= 0.3 is 6.18 Å². The van der Waals surface area contributed by atoms with Crippen molar-refractivity contribution in [1.29, 1.82) is 0 Å². The van der Waals surface area contributed by atoms with Crippen molar-refractivity contribution >= 4 is 5.78 Å². The SMILES string of the molecule is CCCN(CC(=O)c1cc(C)n(CC)c1C)CC(F)(F)F. The highest BCUT2D eigenvalue weighted by Crippen LogP contribution is 2.19. The second-order valence-electron chi connectivity index (χ2n) is 5.28. The van der Waals surface area contributed by atoms with E-state index in [1.54, 1.807) is 13.0 Å². The van der Waals surface area contributed by atoms with E-state index in [0.29, 0.717) is 12.0 Å². The monoisotopic (exact) mass is 304 g/mol. The summed E-state index contributed by atoms with van der Waals surface area (Å²) in [6.07, 6.45) is -3.70. The number of aryl methyl sites for hydroxylation is 1. The number of hydrogen-bond acceptors (Lipinski definition) is 2. The first-order valence-corrected chi connectivity index (χ1v) is 7.18. The molecular formula is C15H23F3N2O. The summed E-state index contributed by atoms with van der Waals surface area (Å²) in [5.41, 5.74) is 2.30. The Hall–Kier alpha value is -1.30. The Kier molecular flexibility index (Phi) is 6.01. The number of carbonyl (C=O) groups excluding carboxylic acids is 1. The number of alkyl halides is 3. The van der Waals surface area contributed by atoms with Crippen LogP contribution in [0.1, 0.15) is 42.0 Å². The fourth-order valence-corrected chi connectivity index (χ4v) is 2.64. The molecular weight excluding hydrogens is 281 g/mol. The van der Waals surface area contributed by atoms with Gasteiger partial charge in [0.15, 0.2) is 5.78 Å². The molecule has 0 aromatic carbocycles. The Morgan fingerprint density at radius 1 is 1.29 bits per heavy atom. The zero-order chi connectivity index (χ0) is 16.2. The van der Waals surface area contributed by atoms with Crippen molar-refractivity contribution in [2.24, 2.45) is 0 Å². The molecule has 0 unspecified atom stereocenters. The molecule has 1 heterocycles. The van der Waals surface area contributed by atoms with E-state index < -0.39 is 12.7 Å². The third kappa shape index (κ3) is 4.88. The van der Waals surface area contributed by atoms with Crippen LogP contribution in [0.25, 0.3) is 0 Å². The number of hydrogen-bond donors (Lipinski definition) is 0. The normalized spacial score (nSPS) is 12.2. The zero-order valence-electron chi connectivity index (χ0n) is 13.0. The predicted octanol–water partition coefficient (Wildman–Crippen LogP) is 3.58. The lowest BCUT2D eigenvalue weighted by molar-refractivity contribution is -0.144. The third-order valence-electron chi connectivity index (χ3n) is 3.50. The molecule has 0 bridgehead atoms. The van der Waals surface area contributed by atoms with Gasteiger partial charge in [-0.05, 0) is 39.8 Å². The summed E-state index contributed by atoms with van der Waals surface area (Å²) < 4.78 is 39.6. The van der Waals surface area contributed by atoms with Gasteiger partial charge in [0.05, 0.1) is 13.1 Å². The summed E-state index contributed by atoms with van der Waals surface area (Å²) in [4.78, 5) is 13.5. The molecule has 0 amide bonds. The van der Waals surface area contributed by atoms with Crippen LogP contribution in [-0.4, -0.2) is 41.1 Å². The van der Waals surface area contributed by atoms with Gasteiger partial charge in [0.25, 0.3) is 0 Å². The van der Waals surface area contributed by atoms with E-state index in [-0.39, 0.29) is 18.9 Å². The van der Waals surface area contributed by atoms with Gasteiger partial charge in [0, 0.05) is 23.5 Å². The smallest absolute Gasteiger partial charge is 0.349 e. The molecule has 120 valence electrons. The fraction of sp³-hybridized carbons (Fsp3) is 0.667. The molecule has 0 radical (unpaired) electrons. The Morgan fingerprint density at radius 3 is 2.33 bits per heavy atom. The molecule has 1 rings (SSSR count). The first-order valence-electron chi connectivity index (χ1n) is 7.18. The van der Waals surface area contributed by atoms with E-state index in [0.717, 1.165) is 17.9 Å². The van der Waals surface area contributed by atoms with Gasteiger partial charge in [-0.1, -0.05) is 6.92 Å². The predicted molar refractivity (Wildman–Crippen MR) is 76.7 cm³/mol. The van der Waals surface area contributed by atoms with Crippen LogP contribution < -0.4 is 0 Å². The van der Waals surface area contributed by atoms with Crippen molar-refractivity contribution < 1.29 is 18.0 Å². The lowest BCUT2D eigenvalue weighted by Gasteiger charge is -2.22. The maximum absolute atomic E-state index is 12.5. The summed E-state index contributed by atoms with van der Waals surface area (Å²) in [6.45, 7) is 7.27. The molecule has 0 atom stereocenters. The molecule has 0 spiro atoms. The van der Waals surface area contributed by atoms with Crippen LogP contribution in [0.15, 0.2) is 6.07 Å². The quantitative estimate of drug-likeness (QED) is 0.719.